The van der Waals surface area contributed by atoms with Crippen LogP contribution in [0.2, 0.25) is 0 Å². The molecule has 0 aliphatic rings. The van der Waals surface area contributed by atoms with Gasteiger partial charge in [-0.2, -0.15) is 5.10 Å². The summed E-state index contributed by atoms with van der Waals surface area (Å²) in [5.41, 5.74) is 5.55. The molecular formula is C23H30N4O. The summed E-state index contributed by atoms with van der Waals surface area (Å²) >= 11 is 0. The summed E-state index contributed by atoms with van der Waals surface area (Å²) in [5, 5.41) is 5.32. The van der Waals surface area contributed by atoms with Crippen molar-refractivity contribution in [1.29, 1.82) is 0 Å². The molecule has 0 N–H and O–H groups in total. The number of nitrogens with zero attached hydrogens (tertiary/aromatic N) is 4. The van der Waals surface area contributed by atoms with Crippen molar-refractivity contribution < 1.29 is 4.79 Å². The maximum Gasteiger partial charge on any atom is 0.259 e. The third kappa shape index (κ3) is 3.53. The number of aromatic nitrogens is 3. The summed E-state index contributed by atoms with van der Waals surface area (Å²) in [4.78, 5) is 20.3. The van der Waals surface area contributed by atoms with Crippen molar-refractivity contribution in [2.24, 2.45) is 0 Å². The molecule has 1 amide bonds. The Morgan fingerprint density at radius 1 is 1.14 bits per heavy atom. The normalized spacial score (nSPS) is 11.6. The largest absolute Gasteiger partial charge is 0.308 e. The minimum atomic E-state index is -0.00574. The van der Waals surface area contributed by atoms with E-state index in [0.29, 0.717) is 12.1 Å². The second-order valence-electron chi connectivity index (χ2n) is 8.01. The summed E-state index contributed by atoms with van der Waals surface area (Å²) in [6, 6.07) is 8.34. The molecule has 0 saturated carbocycles. The summed E-state index contributed by atoms with van der Waals surface area (Å²) in [6.07, 6.45) is 1.77. The van der Waals surface area contributed by atoms with E-state index in [-0.39, 0.29) is 17.9 Å². The molecule has 0 atom stereocenters. The van der Waals surface area contributed by atoms with Crippen LogP contribution in [0.4, 0.5) is 5.69 Å². The van der Waals surface area contributed by atoms with Crippen LogP contribution < -0.4 is 4.90 Å². The van der Waals surface area contributed by atoms with Crippen molar-refractivity contribution in [2.45, 2.75) is 60.4 Å². The van der Waals surface area contributed by atoms with Crippen LogP contribution >= 0.6 is 0 Å². The van der Waals surface area contributed by atoms with Crippen LogP contribution in [-0.4, -0.2) is 27.2 Å². The van der Waals surface area contributed by atoms with E-state index in [1.165, 1.54) is 0 Å². The highest BCUT2D eigenvalue weighted by molar-refractivity contribution is 6.13. The molecule has 0 fully saturated rings. The van der Waals surface area contributed by atoms with Gasteiger partial charge in [-0.25, -0.2) is 9.67 Å². The number of anilines is 1. The number of hydrogen-bond acceptors (Lipinski definition) is 3. The SMILES string of the molecule is CCN(C(=O)c1cc(C(C)C)nc2c1cnn2C(C)C)c1cc(C)ccc1C. The molecule has 3 aromatic rings. The van der Waals surface area contributed by atoms with E-state index in [2.05, 4.69) is 57.9 Å². The number of benzene rings is 1. The van der Waals surface area contributed by atoms with Crippen molar-refractivity contribution in [3.05, 3.63) is 52.8 Å². The van der Waals surface area contributed by atoms with E-state index in [1.807, 2.05) is 29.5 Å². The number of carbonyl (C=O) groups is 1. The average Bonchev–Trinajstić information content (AvgIpc) is 3.08. The Morgan fingerprint density at radius 2 is 1.86 bits per heavy atom. The predicted octanol–water partition coefficient (Wildman–Crippen LogP) is 5.42. The fourth-order valence-electron chi connectivity index (χ4n) is 3.47. The fraction of sp³-hybridized carbons (Fsp3) is 0.435. The van der Waals surface area contributed by atoms with Gasteiger partial charge in [-0.15, -0.1) is 0 Å². The zero-order chi connectivity index (χ0) is 20.6. The Hall–Kier alpha value is -2.69. The predicted molar refractivity (Wildman–Crippen MR) is 115 cm³/mol. The Bertz CT molecular complexity index is 1020. The summed E-state index contributed by atoms with van der Waals surface area (Å²) in [7, 11) is 0. The number of aryl methyl sites for hydroxylation is 2. The lowest BCUT2D eigenvalue weighted by Gasteiger charge is -2.24. The first-order chi connectivity index (χ1) is 13.2. The third-order valence-electron chi connectivity index (χ3n) is 5.11. The van der Waals surface area contributed by atoms with E-state index < -0.39 is 0 Å². The molecule has 28 heavy (non-hydrogen) atoms. The van der Waals surface area contributed by atoms with Crippen molar-refractivity contribution in [1.82, 2.24) is 14.8 Å². The van der Waals surface area contributed by atoms with E-state index >= 15 is 0 Å². The van der Waals surface area contributed by atoms with Crippen molar-refractivity contribution in [2.75, 3.05) is 11.4 Å². The van der Waals surface area contributed by atoms with Gasteiger partial charge in [0.2, 0.25) is 0 Å². The van der Waals surface area contributed by atoms with Gasteiger partial charge < -0.3 is 4.90 Å². The topological polar surface area (TPSA) is 51.0 Å². The van der Waals surface area contributed by atoms with Gasteiger partial charge in [0.1, 0.15) is 0 Å². The average molecular weight is 379 g/mol. The number of carbonyl (C=O) groups excluding carboxylic acids is 1. The lowest BCUT2D eigenvalue weighted by atomic mass is 10.0. The molecule has 0 radical (unpaired) electrons. The quantitative estimate of drug-likeness (QED) is 0.596. The van der Waals surface area contributed by atoms with Crippen LogP contribution in [-0.2, 0) is 0 Å². The molecule has 3 rings (SSSR count). The summed E-state index contributed by atoms with van der Waals surface area (Å²) in [5.74, 6) is 0.219. The van der Waals surface area contributed by atoms with Gasteiger partial charge in [0, 0.05) is 24.0 Å². The number of fused-ring (bicyclic) bond motifs is 1. The van der Waals surface area contributed by atoms with Crippen LogP contribution in [0.1, 0.15) is 73.8 Å². The monoisotopic (exact) mass is 378 g/mol. The van der Waals surface area contributed by atoms with Gasteiger partial charge in [0.15, 0.2) is 5.65 Å². The molecule has 5 heteroatoms. The van der Waals surface area contributed by atoms with E-state index in [4.69, 9.17) is 4.98 Å². The second kappa shape index (κ2) is 7.74. The molecule has 0 unspecified atom stereocenters. The number of rotatable bonds is 5. The first kappa shape index (κ1) is 20.1. The minimum absolute atomic E-state index is 0.00574. The van der Waals surface area contributed by atoms with Crippen LogP contribution in [0.3, 0.4) is 0 Å². The van der Waals surface area contributed by atoms with Gasteiger partial charge in [-0.05, 0) is 63.8 Å². The maximum absolute atomic E-state index is 13.7. The van der Waals surface area contributed by atoms with Crippen molar-refractivity contribution >= 4 is 22.6 Å². The Balaban J connectivity index is 2.20. The van der Waals surface area contributed by atoms with Crippen molar-refractivity contribution in [3.63, 3.8) is 0 Å². The first-order valence-corrected chi connectivity index (χ1v) is 10.0. The van der Waals surface area contributed by atoms with E-state index in [9.17, 15) is 4.79 Å². The summed E-state index contributed by atoms with van der Waals surface area (Å²) in [6.45, 7) is 15.1. The molecule has 0 aliphatic heterocycles. The van der Waals surface area contributed by atoms with Crippen molar-refractivity contribution in [3.8, 4) is 0 Å². The molecule has 0 bridgehead atoms. The third-order valence-corrected chi connectivity index (χ3v) is 5.11. The molecule has 148 valence electrons. The molecule has 1 aromatic carbocycles. The molecule has 5 nitrogen and oxygen atoms in total. The Kier molecular flexibility index (Phi) is 5.54. The zero-order valence-electron chi connectivity index (χ0n) is 17.9. The number of pyridine rings is 1. The second-order valence-corrected chi connectivity index (χ2v) is 8.01. The van der Waals surface area contributed by atoms with Gasteiger partial charge in [-0.1, -0.05) is 26.0 Å². The van der Waals surface area contributed by atoms with Gasteiger partial charge in [0.25, 0.3) is 5.91 Å². The highest BCUT2D eigenvalue weighted by Gasteiger charge is 2.24. The molecule has 0 saturated heterocycles. The van der Waals surface area contributed by atoms with Crippen LogP contribution in [0, 0.1) is 13.8 Å². The molecular weight excluding hydrogens is 348 g/mol. The van der Waals surface area contributed by atoms with Gasteiger partial charge in [0.05, 0.1) is 17.1 Å². The smallest absolute Gasteiger partial charge is 0.259 e. The molecule has 2 aromatic heterocycles. The molecule has 2 heterocycles. The standard InChI is InChI=1S/C23H30N4O/c1-8-26(21-11-16(6)9-10-17(21)7)23(28)18-12-20(14(2)3)25-22-19(18)13-24-27(22)15(4)5/h9-15H,8H2,1-7H3. The maximum atomic E-state index is 13.7. The Morgan fingerprint density at radius 3 is 2.46 bits per heavy atom. The molecule has 0 aliphatic carbocycles. The Labute approximate surface area is 167 Å². The van der Waals surface area contributed by atoms with Gasteiger partial charge >= 0.3 is 0 Å². The molecule has 0 spiro atoms. The fourth-order valence-corrected chi connectivity index (χ4v) is 3.47. The highest BCUT2D eigenvalue weighted by atomic mass is 16.2. The summed E-state index contributed by atoms with van der Waals surface area (Å²) < 4.78 is 1.90. The minimum Gasteiger partial charge on any atom is -0.308 e. The zero-order valence-corrected chi connectivity index (χ0v) is 17.9. The van der Waals surface area contributed by atoms with E-state index in [0.717, 1.165) is 33.5 Å². The number of amides is 1. The van der Waals surface area contributed by atoms with Gasteiger partial charge in [-0.3, -0.25) is 4.79 Å². The first-order valence-electron chi connectivity index (χ1n) is 10.0. The number of hydrogen-bond donors (Lipinski definition) is 0. The van der Waals surface area contributed by atoms with E-state index in [1.54, 1.807) is 6.20 Å². The lowest BCUT2D eigenvalue weighted by molar-refractivity contribution is 0.0989. The van der Waals surface area contributed by atoms with Crippen LogP contribution in [0.25, 0.3) is 11.0 Å². The van der Waals surface area contributed by atoms with Crippen LogP contribution in [0.5, 0.6) is 0 Å². The lowest BCUT2D eigenvalue weighted by Crippen LogP contribution is -2.31. The highest BCUT2D eigenvalue weighted by Crippen LogP contribution is 2.28. The van der Waals surface area contributed by atoms with Crippen LogP contribution in [0.15, 0.2) is 30.5 Å².